The van der Waals surface area contributed by atoms with Gasteiger partial charge in [-0.25, -0.2) is 0 Å². The van der Waals surface area contributed by atoms with E-state index < -0.39 is 11.2 Å². The van der Waals surface area contributed by atoms with Crippen LogP contribution in [0.3, 0.4) is 0 Å². The van der Waals surface area contributed by atoms with Gasteiger partial charge < -0.3 is 9.52 Å². The third-order valence-corrected chi connectivity index (χ3v) is 3.34. The van der Waals surface area contributed by atoms with E-state index in [2.05, 4.69) is 0 Å². The molecule has 4 heteroatoms. The molecule has 0 radical (unpaired) electrons. The van der Waals surface area contributed by atoms with Crippen molar-refractivity contribution in [1.29, 1.82) is 0 Å². The zero-order chi connectivity index (χ0) is 14.3. The Morgan fingerprint density at radius 1 is 1.15 bits per heavy atom. The number of halogens is 1. The highest BCUT2D eigenvalue weighted by Crippen LogP contribution is 2.31. The third-order valence-electron chi connectivity index (χ3n) is 3.11. The Bertz CT molecular complexity index is 865. The average molecular weight is 287 g/mol. The van der Waals surface area contributed by atoms with Crippen LogP contribution in [0.15, 0.2) is 51.7 Å². The first-order chi connectivity index (χ1) is 9.56. The highest BCUT2D eigenvalue weighted by Gasteiger charge is 2.15. The molecule has 0 aliphatic rings. The number of hydrogen-bond donors (Lipinski definition) is 1. The van der Waals surface area contributed by atoms with Gasteiger partial charge in [0.05, 0.1) is 5.39 Å². The number of fused-ring (bicyclic) bond motifs is 1. The van der Waals surface area contributed by atoms with Crippen molar-refractivity contribution in [2.45, 2.75) is 6.92 Å². The number of aryl methyl sites for hydroxylation is 1. The summed E-state index contributed by atoms with van der Waals surface area (Å²) in [5.41, 5.74) is 1.49. The van der Waals surface area contributed by atoms with Crippen LogP contribution in [0.1, 0.15) is 5.56 Å². The second-order valence-corrected chi connectivity index (χ2v) is 5.06. The third kappa shape index (κ3) is 2.06. The van der Waals surface area contributed by atoms with Crippen LogP contribution in [0.5, 0.6) is 5.75 Å². The topological polar surface area (TPSA) is 50.4 Å². The Kier molecular flexibility index (Phi) is 2.99. The minimum atomic E-state index is -0.440. The van der Waals surface area contributed by atoms with Gasteiger partial charge in [0.2, 0.25) is 11.2 Å². The molecule has 0 aliphatic carbocycles. The molecular weight excluding hydrogens is 276 g/mol. The van der Waals surface area contributed by atoms with Crippen LogP contribution >= 0.6 is 11.6 Å². The van der Waals surface area contributed by atoms with Gasteiger partial charge in [-0.1, -0.05) is 35.4 Å². The Labute approximate surface area is 120 Å². The van der Waals surface area contributed by atoms with Crippen LogP contribution in [0.2, 0.25) is 5.02 Å². The van der Waals surface area contributed by atoms with Gasteiger partial charge in [0.25, 0.3) is 0 Å². The number of hydrogen-bond acceptors (Lipinski definition) is 3. The zero-order valence-electron chi connectivity index (χ0n) is 10.7. The molecule has 0 amide bonds. The summed E-state index contributed by atoms with van der Waals surface area (Å²) in [6.07, 6.45) is 0. The highest BCUT2D eigenvalue weighted by molar-refractivity contribution is 6.30. The van der Waals surface area contributed by atoms with Gasteiger partial charge in [-0.05, 0) is 31.2 Å². The summed E-state index contributed by atoms with van der Waals surface area (Å²) in [5.74, 6) is -0.265. The van der Waals surface area contributed by atoms with Crippen molar-refractivity contribution in [3.8, 4) is 17.1 Å². The summed E-state index contributed by atoms with van der Waals surface area (Å²) in [6, 6.07) is 12.1. The minimum Gasteiger partial charge on any atom is -0.502 e. The predicted molar refractivity (Wildman–Crippen MR) is 79.3 cm³/mol. The van der Waals surface area contributed by atoms with E-state index in [0.717, 1.165) is 5.56 Å². The molecule has 0 bridgehead atoms. The van der Waals surface area contributed by atoms with Gasteiger partial charge in [0, 0.05) is 10.6 Å². The molecule has 3 aromatic rings. The number of benzene rings is 2. The van der Waals surface area contributed by atoms with E-state index in [4.69, 9.17) is 16.0 Å². The Morgan fingerprint density at radius 2 is 1.95 bits per heavy atom. The molecule has 0 fully saturated rings. The van der Waals surface area contributed by atoms with Crippen molar-refractivity contribution >= 4 is 22.6 Å². The van der Waals surface area contributed by atoms with Gasteiger partial charge >= 0.3 is 0 Å². The van der Waals surface area contributed by atoms with Crippen molar-refractivity contribution in [3.05, 3.63) is 63.3 Å². The van der Waals surface area contributed by atoms with Crippen LogP contribution in [0.25, 0.3) is 22.3 Å². The molecule has 0 unspecified atom stereocenters. The largest absolute Gasteiger partial charge is 0.502 e. The van der Waals surface area contributed by atoms with E-state index in [0.29, 0.717) is 21.6 Å². The maximum absolute atomic E-state index is 12.2. The van der Waals surface area contributed by atoms with Gasteiger partial charge in [-0.3, -0.25) is 4.79 Å². The lowest BCUT2D eigenvalue weighted by Gasteiger charge is -2.06. The van der Waals surface area contributed by atoms with Crippen LogP contribution < -0.4 is 5.43 Å². The summed E-state index contributed by atoms with van der Waals surface area (Å²) in [6.45, 7) is 1.88. The number of aromatic hydroxyl groups is 1. The molecule has 3 nitrogen and oxygen atoms in total. The molecule has 0 saturated heterocycles. The average Bonchev–Trinajstić information content (AvgIpc) is 2.43. The van der Waals surface area contributed by atoms with E-state index >= 15 is 0 Å². The standard InChI is InChI=1S/C16H11ClO3/c1-9-5-6-13-12(7-9)14(18)15(19)16(20-13)10-3-2-4-11(17)8-10/h2-8,19H,1H3. The summed E-state index contributed by atoms with van der Waals surface area (Å²) < 4.78 is 5.66. The van der Waals surface area contributed by atoms with Gasteiger partial charge in [0.1, 0.15) is 5.58 Å². The fourth-order valence-electron chi connectivity index (χ4n) is 2.12. The summed E-state index contributed by atoms with van der Waals surface area (Å²) in [4.78, 5) is 12.2. The second kappa shape index (κ2) is 4.69. The molecular formula is C16H11ClO3. The van der Waals surface area contributed by atoms with Crippen molar-refractivity contribution in [3.63, 3.8) is 0 Å². The SMILES string of the molecule is Cc1ccc2oc(-c3cccc(Cl)c3)c(O)c(=O)c2c1. The quantitative estimate of drug-likeness (QED) is 0.732. The molecule has 1 heterocycles. The van der Waals surface area contributed by atoms with E-state index in [1.54, 1.807) is 36.4 Å². The minimum absolute atomic E-state index is 0.133. The predicted octanol–water partition coefficient (Wildman–Crippen LogP) is 4.13. The lowest BCUT2D eigenvalue weighted by Crippen LogP contribution is -2.02. The molecule has 20 heavy (non-hydrogen) atoms. The molecule has 3 rings (SSSR count). The Hall–Kier alpha value is -2.26. The fourth-order valence-corrected chi connectivity index (χ4v) is 2.31. The molecule has 0 atom stereocenters. The van der Waals surface area contributed by atoms with E-state index in [9.17, 15) is 9.90 Å². The molecule has 1 aromatic heterocycles. The summed E-state index contributed by atoms with van der Waals surface area (Å²) >= 11 is 5.92. The molecule has 0 saturated carbocycles. The van der Waals surface area contributed by atoms with Crippen LogP contribution in [-0.4, -0.2) is 5.11 Å². The maximum Gasteiger partial charge on any atom is 0.235 e. The van der Waals surface area contributed by atoms with Crippen molar-refractivity contribution in [2.75, 3.05) is 0 Å². The summed E-state index contributed by atoms with van der Waals surface area (Å²) in [5, 5.41) is 11.0. The molecule has 0 spiro atoms. The van der Waals surface area contributed by atoms with Crippen LogP contribution in [-0.2, 0) is 0 Å². The van der Waals surface area contributed by atoms with Crippen LogP contribution in [0, 0.1) is 6.92 Å². The lowest BCUT2D eigenvalue weighted by atomic mass is 10.1. The Morgan fingerprint density at radius 3 is 2.70 bits per heavy atom. The maximum atomic E-state index is 12.2. The van der Waals surface area contributed by atoms with E-state index in [1.165, 1.54) is 0 Å². The monoisotopic (exact) mass is 286 g/mol. The normalized spacial score (nSPS) is 10.9. The van der Waals surface area contributed by atoms with Gasteiger partial charge in [-0.2, -0.15) is 0 Å². The van der Waals surface area contributed by atoms with Gasteiger partial charge in [-0.15, -0.1) is 0 Å². The second-order valence-electron chi connectivity index (χ2n) is 4.62. The first kappa shape index (κ1) is 12.8. The zero-order valence-corrected chi connectivity index (χ0v) is 11.4. The first-order valence-electron chi connectivity index (χ1n) is 6.08. The highest BCUT2D eigenvalue weighted by atomic mass is 35.5. The summed E-state index contributed by atoms with van der Waals surface area (Å²) in [7, 11) is 0. The van der Waals surface area contributed by atoms with Crippen molar-refractivity contribution in [1.82, 2.24) is 0 Å². The van der Waals surface area contributed by atoms with E-state index in [-0.39, 0.29) is 5.76 Å². The smallest absolute Gasteiger partial charge is 0.235 e. The molecule has 100 valence electrons. The number of rotatable bonds is 1. The van der Waals surface area contributed by atoms with Crippen LogP contribution in [0.4, 0.5) is 0 Å². The molecule has 1 N–H and O–H groups in total. The van der Waals surface area contributed by atoms with Crippen molar-refractivity contribution in [2.24, 2.45) is 0 Å². The fraction of sp³-hybridized carbons (Fsp3) is 0.0625. The first-order valence-corrected chi connectivity index (χ1v) is 6.46. The van der Waals surface area contributed by atoms with E-state index in [1.807, 2.05) is 13.0 Å². The molecule has 2 aromatic carbocycles. The molecule has 0 aliphatic heterocycles. The lowest BCUT2D eigenvalue weighted by molar-refractivity contribution is 0.449. The van der Waals surface area contributed by atoms with Gasteiger partial charge in [0.15, 0.2) is 5.76 Å². The Balaban J connectivity index is 2.35. The van der Waals surface area contributed by atoms with Crippen molar-refractivity contribution < 1.29 is 9.52 Å².